The lowest BCUT2D eigenvalue weighted by molar-refractivity contribution is 0.456. The Morgan fingerprint density at radius 1 is 1.23 bits per heavy atom. The van der Waals surface area contributed by atoms with E-state index < -0.39 is 0 Å². The number of nitrogens with one attached hydrogen (secondary N) is 1. The molecule has 0 saturated heterocycles. The average Bonchev–Trinajstić information content (AvgIpc) is 3.17. The maximum atomic E-state index is 5.59. The summed E-state index contributed by atoms with van der Waals surface area (Å²) in [5.74, 6) is 1.33. The Morgan fingerprint density at radius 2 is 2.05 bits per heavy atom. The highest BCUT2D eigenvalue weighted by Crippen LogP contribution is 2.37. The maximum Gasteiger partial charge on any atom is 0.229 e. The van der Waals surface area contributed by atoms with E-state index >= 15 is 0 Å². The van der Waals surface area contributed by atoms with Crippen molar-refractivity contribution >= 4 is 28.2 Å². The van der Waals surface area contributed by atoms with Gasteiger partial charge < -0.3 is 9.73 Å². The molecule has 1 aliphatic rings. The minimum Gasteiger partial charge on any atom is -0.424 e. The van der Waals surface area contributed by atoms with Gasteiger partial charge in [0.15, 0.2) is 4.34 Å². The second-order valence-electron chi connectivity index (χ2n) is 5.50. The van der Waals surface area contributed by atoms with Crippen LogP contribution in [0.2, 0.25) is 0 Å². The third-order valence-corrected chi connectivity index (χ3v) is 5.78. The Hall–Kier alpha value is -1.15. The van der Waals surface area contributed by atoms with Crippen LogP contribution in [0.5, 0.6) is 0 Å². The van der Waals surface area contributed by atoms with Gasteiger partial charge in [-0.25, -0.2) is 0 Å². The summed E-state index contributed by atoms with van der Waals surface area (Å²) in [4.78, 5) is 0. The van der Waals surface area contributed by atoms with Crippen LogP contribution < -0.4 is 5.32 Å². The summed E-state index contributed by atoms with van der Waals surface area (Å²) in [5, 5.41) is 21.1. The Morgan fingerprint density at radius 3 is 2.77 bits per heavy atom. The number of anilines is 1. The van der Waals surface area contributed by atoms with Crippen molar-refractivity contribution in [2.24, 2.45) is 0 Å². The van der Waals surface area contributed by atoms with E-state index in [1.54, 1.807) is 23.1 Å². The molecule has 6 nitrogen and oxygen atoms in total. The fourth-order valence-corrected chi connectivity index (χ4v) is 4.52. The zero-order chi connectivity index (χ0) is 15.4. The molecule has 0 aromatic carbocycles. The lowest BCUT2D eigenvalue weighted by Gasteiger charge is -2.21. The molecule has 120 valence electrons. The molecule has 1 aliphatic carbocycles. The van der Waals surface area contributed by atoms with Gasteiger partial charge in [0.1, 0.15) is 0 Å². The first-order valence-electron chi connectivity index (χ1n) is 7.83. The van der Waals surface area contributed by atoms with E-state index in [4.69, 9.17) is 4.42 Å². The average molecular weight is 339 g/mol. The highest BCUT2D eigenvalue weighted by molar-refractivity contribution is 8.01. The van der Waals surface area contributed by atoms with E-state index in [1.807, 2.05) is 13.8 Å². The fourth-order valence-electron chi connectivity index (χ4n) is 2.51. The number of nitrogens with zero attached hydrogens (tertiary/aromatic N) is 4. The van der Waals surface area contributed by atoms with Gasteiger partial charge in [-0.1, -0.05) is 49.3 Å². The maximum absolute atomic E-state index is 5.59. The number of hydrogen-bond acceptors (Lipinski definition) is 8. The van der Waals surface area contributed by atoms with Gasteiger partial charge in [-0.05, 0) is 19.8 Å². The molecule has 0 unspecified atom stereocenters. The molecule has 1 fully saturated rings. The second kappa shape index (κ2) is 7.41. The third kappa shape index (κ3) is 3.98. The second-order valence-corrected chi connectivity index (χ2v) is 8.07. The molecular weight excluding hydrogens is 318 g/mol. The van der Waals surface area contributed by atoms with Crippen LogP contribution in [0.4, 0.5) is 5.13 Å². The molecule has 1 saturated carbocycles. The normalized spacial score (nSPS) is 17.5. The number of aryl methyl sites for hydroxylation is 1. The molecule has 2 aromatic rings. The summed E-state index contributed by atoms with van der Waals surface area (Å²) in [6.45, 7) is 4.05. The first kappa shape index (κ1) is 15.7. The van der Waals surface area contributed by atoms with Gasteiger partial charge in [-0.2, -0.15) is 0 Å². The zero-order valence-electron chi connectivity index (χ0n) is 12.9. The standard InChI is InChI=1S/C14H21N5OS2/c1-3-11-16-17-12(20-11)9(2)21-14-19-18-13(22-14)15-10-7-5-4-6-8-10/h9-10H,3-8H2,1-2H3,(H,15,18)/t9-/m0/s1. The van der Waals surface area contributed by atoms with Crippen LogP contribution in [-0.4, -0.2) is 26.4 Å². The number of thioether (sulfide) groups is 1. The van der Waals surface area contributed by atoms with E-state index in [0.29, 0.717) is 17.8 Å². The molecule has 0 amide bonds. The fraction of sp³-hybridized carbons (Fsp3) is 0.714. The van der Waals surface area contributed by atoms with E-state index in [9.17, 15) is 0 Å². The van der Waals surface area contributed by atoms with Crippen LogP contribution in [0.15, 0.2) is 8.76 Å². The van der Waals surface area contributed by atoms with Crippen molar-refractivity contribution in [3.05, 3.63) is 11.8 Å². The highest BCUT2D eigenvalue weighted by Gasteiger charge is 2.19. The monoisotopic (exact) mass is 339 g/mol. The molecule has 1 N–H and O–H groups in total. The van der Waals surface area contributed by atoms with Crippen LogP contribution in [0.25, 0.3) is 0 Å². The van der Waals surface area contributed by atoms with Crippen LogP contribution in [0.3, 0.4) is 0 Å². The third-order valence-electron chi connectivity index (χ3n) is 3.75. The Kier molecular flexibility index (Phi) is 5.30. The molecule has 2 heterocycles. The van der Waals surface area contributed by atoms with E-state index in [-0.39, 0.29) is 5.25 Å². The molecule has 0 bridgehead atoms. The lowest BCUT2D eigenvalue weighted by Crippen LogP contribution is -2.21. The van der Waals surface area contributed by atoms with Crippen LogP contribution in [-0.2, 0) is 6.42 Å². The number of aromatic nitrogens is 4. The van der Waals surface area contributed by atoms with Crippen molar-refractivity contribution in [2.45, 2.75) is 68.0 Å². The number of hydrogen-bond donors (Lipinski definition) is 1. The predicted octanol–water partition coefficient (Wildman–Crippen LogP) is 4.08. The first-order valence-corrected chi connectivity index (χ1v) is 9.53. The van der Waals surface area contributed by atoms with E-state index in [2.05, 4.69) is 25.7 Å². The lowest BCUT2D eigenvalue weighted by atomic mass is 9.96. The molecule has 3 rings (SSSR count). The zero-order valence-corrected chi connectivity index (χ0v) is 14.5. The minimum absolute atomic E-state index is 0.0864. The van der Waals surface area contributed by atoms with Crippen molar-refractivity contribution in [3.63, 3.8) is 0 Å². The topological polar surface area (TPSA) is 76.7 Å². The molecule has 0 spiro atoms. The van der Waals surface area contributed by atoms with Gasteiger partial charge in [0.2, 0.25) is 16.9 Å². The summed E-state index contributed by atoms with van der Waals surface area (Å²) in [6, 6.07) is 0.556. The van der Waals surface area contributed by atoms with Gasteiger partial charge in [0, 0.05) is 12.5 Å². The van der Waals surface area contributed by atoms with Gasteiger partial charge in [0.05, 0.1) is 5.25 Å². The summed E-state index contributed by atoms with van der Waals surface area (Å²) >= 11 is 3.21. The predicted molar refractivity (Wildman–Crippen MR) is 88.4 cm³/mol. The molecule has 22 heavy (non-hydrogen) atoms. The molecule has 8 heteroatoms. The molecule has 0 aliphatic heterocycles. The SMILES string of the molecule is CCc1nnc([C@H](C)Sc2nnc(NC3CCCCC3)s2)o1. The Bertz CT molecular complexity index is 594. The molecular formula is C14H21N5OS2. The van der Waals surface area contributed by atoms with Crippen LogP contribution >= 0.6 is 23.1 Å². The van der Waals surface area contributed by atoms with Crippen molar-refractivity contribution in [1.82, 2.24) is 20.4 Å². The summed E-state index contributed by atoms with van der Waals surface area (Å²) in [6.07, 6.45) is 7.22. The van der Waals surface area contributed by atoms with Crippen molar-refractivity contribution < 1.29 is 4.42 Å². The van der Waals surface area contributed by atoms with Gasteiger partial charge >= 0.3 is 0 Å². The molecule has 2 aromatic heterocycles. The smallest absolute Gasteiger partial charge is 0.229 e. The van der Waals surface area contributed by atoms with E-state index in [0.717, 1.165) is 15.9 Å². The van der Waals surface area contributed by atoms with Gasteiger partial charge in [-0.3, -0.25) is 0 Å². The van der Waals surface area contributed by atoms with Crippen molar-refractivity contribution in [1.29, 1.82) is 0 Å². The Labute approximate surface area is 138 Å². The molecule has 0 radical (unpaired) electrons. The minimum atomic E-state index is 0.0864. The van der Waals surface area contributed by atoms with Gasteiger partial charge in [0.25, 0.3) is 0 Å². The number of rotatable bonds is 6. The summed E-state index contributed by atoms with van der Waals surface area (Å²) < 4.78 is 6.53. The first-order chi connectivity index (χ1) is 10.7. The van der Waals surface area contributed by atoms with Crippen molar-refractivity contribution in [2.75, 3.05) is 5.32 Å². The van der Waals surface area contributed by atoms with Crippen LogP contribution in [0, 0.1) is 0 Å². The summed E-state index contributed by atoms with van der Waals surface area (Å²) in [5.41, 5.74) is 0. The van der Waals surface area contributed by atoms with E-state index in [1.165, 1.54) is 32.1 Å². The Balaban J connectivity index is 1.56. The largest absolute Gasteiger partial charge is 0.424 e. The summed E-state index contributed by atoms with van der Waals surface area (Å²) in [7, 11) is 0. The molecule has 1 atom stereocenters. The van der Waals surface area contributed by atoms with Crippen LogP contribution in [0.1, 0.15) is 63.0 Å². The quantitative estimate of drug-likeness (QED) is 0.794. The highest BCUT2D eigenvalue weighted by atomic mass is 32.2. The van der Waals surface area contributed by atoms with Gasteiger partial charge in [-0.15, -0.1) is 20.4 Å². The van der Waals surface area contributed by atoms with Crippen molar-refractivity contribution in [3.8, 4) is 0 Å².